The third-order valence-electron chi connectivity index (χ3n) is 3.38. The third kappa shape index (κ3) is 5.23. The van der Waals surface area contributed by atoms with Gasteiger partial charge in [0, 0.05) is 13.2 Å². The van der Waals surface area contributed by atoms with E-state index in [1.54, 1.807) is 0 Å². The largest absolute Gasteiger partial charge is 0.393 e. The second-order valence-electron chi connectivity index (χ2n) is 5.34. The van der Waals surface area contributed by atoms with E-state index < -0.39 is 0 Å². The molecule has 106 valence electrons. The lowest BCUT2D eigenvalue weighted by Crippen LogP contribution is -2.46. The molecule has 0 spiro atoms. The molecular formula is C13H26N2O3. The van der Waals surface area contributed by atoms with Gasteiger partial charge in [-0.2, -0.15) is 0 Å². The summed E-state index contributed by atoms with van der Waals surface area (Å²) in [6, 6.07) is -0.156. The Hall–Kier alpha value is -0.810. The molecule has 0 radical (unpaired) electrons. The van der Waals surface area contributed by atoms with Gasteiger partial charge >= 0.3 is 6.03 Å². The SMILES string of the molecule is CC(C)C(O)CCNC(=O)NC(C)C1CCCO1. The molecule has 0 aromatic carbocycles. The van der Waals surface area contributed by atoms with Crippen LogP contribution >= 0.6 is 0 Å². The standard InChI is InChI=1S/C13H26N2O3/c1-9(2)11(16)6-7-14-13(17)15-10(3)12-5-4-8-18-12/h9-12,16H,4-8H2,1-3H3,(H2,14,15,17). The van der Waals surface area contributed by atoms with Crippen molar-refractivity contribution in [3.8, 4) is 0 Å². The molecule has 3 atom stereocenters. The number of aliphatic hydroxyl groups is 1. The normalized spacial score (nSPS) is 22.8. The molecule has 1 rings (SSSR count). The van der Waals surface area contributed by atoms with Crippen molar-refractivity contribution in [1.82, 2.24) is 10.6 Å². The maximum Gasteiger partial charge on any atom is 0.315 e. The Labute approximate surface area is 109 Å². The minimum atomic E-state index is -0.360. The van der Waals surface area contributed by atoms with Crippen LogP contribution in [0.25, 0.3) is 0 Å². The van der Waals surface area contributed by atoms with Gasteiger partial charge in [-0.15, -0.1) is 0 Å². The first kappa shape index (κ1) is 15.2. The van der Waals surface area contributed by atoms with Gasteiger partial charge in [-0.05, 0) is 32.1 Å². The molecule has 1 aliphatic rings. The fraction of sp³-hybridized carbons (Fsp3) is 0.923. The molecule has 1 fully saturated rings. The minimum Gasteiger partial charge on any atom is -0.393 e. The Kier molecular flexibility index (Phi) is 6.43. The van der Waals surface area contributed by atoms with Gasteiger partial charge in [0.15, 0.2) is 0 Å². The lowest BCUT2D eigenvalue weighted by molar-refractivity contribution is 0.0857. The van der Waals surface area contributed by atoms with Crippen LogP contribution in [-0.4, -0.2) is 42.5 Å². The predicted octanol–water partition coefficient (Wildman–Crippen LogP) is 1.26. The number of hydrogen-bond acceptors (Lipinski definition) is 3. The third-order valence-corrected chi connectivity index (χ3v) is 3.38. The summed E-state index contributed by atoms with van der Waals surface area (Å²) in [5.41, 5.74) is 0. The monoisotopic (exact) mass is 258 g/mol. The smallest absolute Gasteiger partial charge is 0.315 e. The van der Waals surface area contributed by atoms with Crippen molar-refractivity contribution in [3.05, 3.63) is 0 Å². The number of ether oxygens (including phenoxy) is 1. The van der Waals surface area contributed by atoms with E-state index in [2.05, 4.69) is 10.6 Å². The van der Waals surface area contributed by atoms with Crippen LogP contribution in [0.3, 0.4) is 0 Å². The molecule has 2 amide bonds. The lowest BCUT2D eigenvalue weighted by Gasteiger charge is -2.20. The molecule has 1 heterocycles. The molecule has 3 unspecified atom stereocenters. The van der Waals surface area contributed by atoms with E-state index in [-0.39, 0.29) is 30.2 Å². The lowest BCUT2D eigenvalue weighted by atomic mass is 10.0. The van der Waals surface area contributed by atoms with Gasteiger partial charge in [0.2, 0.25) is 0 Å². The second-order valence-corrected chi connectivity index (χ2v) is 5.34. The topological polar surface area (TPSA) is 70.6 Å². The van der Waals surface area contributed by atoms with Gasteiger partial charge < -0.3 is 20.5 Å². The van der Waals surface area contributed by atoms with Gasteiger partial charge in [0.25, 0.3) is 0 Å². The van der Waals surface area contributed by atoms with Gasteiger partial charge in [-0.3, -0.25) is 0 Å². The van der Waals surface area contributed by atoms with Crippen molar-refractivity contribution in [2.75, 3.05) is 13.2 Å². The molecule has 5 nitrogen and oxygen atoms in total. The summed E-state index contributed by atoms with van der Waals surface area (Å²) in [5.74, 6) is 0.223. The summed E-state index contributed by atoms with van der Waals surface area (Å²) in [7, 11) is 0. The van der Waals surface area contributed by atoms with Crippen molar-refractivity contribution < 1.29 is 14.6 Å². The fourth-order valence-electron chi connectivity index (χ4n) is 2.01. The van der Waals surface area contributed by atoms with Crippen molar-refractivity contribution in [2.45, 2.75) is 58.3 Å². The van der Waals surface area contributed by atoms with E-state index in [4.69, 9.17) is 4.74 Å². The van der Waals surface area contributed by atoms with Crippen LogP contribution in [0.2, 0.25) is 0 Å². The van der Waals surface area contributed by atoms with E-state index in [0.717, 1.165) is 19.4 Å². The zero-order chi connectivity index (χ0) is 13.5. The van der Waals surface area contributed by atoms with Gasteiger partial charge in [-0.25, -0.2) is 4.79 Å². The summed E-state index contributed by atoms with van der Waals surface area (Å²) in [6.45, 7) is 7.16. The Morgan fingerprint density at radius 1 is 1.44 bits per heavy atom. The number of nitrogens with one attached hydrogen (secondary N) is 2. The maximum absolute atomic E-state index is 11.6. The van der Waals surface area contributed by atoms with Crippen LogP contribution < -0.4 is 10.6 Å². The van der Waals surface area contributed by atoms with E-state index in [0.29, 0.717) is 13.0 Å². The molecule has 0 saturated carbocycles. The Balaban J connectivity index is 2.13. The van der Waals surface area contributed by atoms with Crippen molar-refractivity contribution >= 4 is 6.03 Å². The van der Waals surface area contributed by atoms with Crippen LogP contribution in [0.15, 0.2) is 0 Å². The highest BCUT2D eigenvalue weighted by Gasteiger charge is 2.23. The highest BCUT2D eigenvalue weighted by molar-refractivity contribution is 5.74. The molecule has 1 saturated heterocycles. The van der Waals surface area contributed by atoms with E-state index in [1.807, 2.05) is 20.8 Å². The summed E-state index contributed by atoms with van der Waals surface area (Å²) in [6.07, 6.45) is 2.43. The minimum absolute atomic E-state index is 0.0301. The highest BCUT2D eigenvalue weighted by atomic mass is 16.5. The van der Waals surface area contributed by atoms with Crippen LogP contribution in [0.5, 0.6) is 0 Å². The fourth-order valence-corrected chi connectivity index (χ4v) is 2.01. The summed E-state index contributed by atoms with van der Waals surface area (Å²) < 4.78 is 5.51. The molecule has 0 aromatic rings. The number of urea groups is 1. The van der Waals surface area contributed by atoms with Crippen molar-refractivity contribution in [2.24, 2.45) is 5.92 Å². The van der Waals surface area contributed by atoms with E-state index in [1.165, 1.54) is 0 Å². The quantitative estimate of drug-likeness (QED) is 0.671. The number of carbonyl (C=O) groups is 1. The zero-order valence-corrected chi connectivity index (χ0v) is 11.6. The van der Waals surface area contributed by atoms with Gasteiger partial charge in [0.1, 0.15) is 0 Å². The average molecular weight is 258 g/mol. The Morgan fingerprint density at radius 2 is 2.17 bits per heavy atom. The van der Waals surface area contributed by atoms with Crippen LogP contribution in [0.1, 0.15) is 40.0 Å². The van der Waals surface area contributed by atoms with Gasteiger partial charge in [-0.1, -0.05) is 13.8 Å². The first-order valence-electron chi connectivity index (χ1n) is 6.84. The van der Waals surface area contributed by atoms with Gasteiger partial charge in [0.05, 0.1) is 18.2 Å². The van der Waals surface area contributed by atoms with Crippen molar-refractivity contribution in [1.29, 1.82) is 0 Å². The second kappa shape index (κ2) is 7.59. The molecule has 0 aromatic heterocycles. The summed E-state index contributed by atoms with van der Waals surface area (Å²) in [5, 5.41) is 15.2. The van der Waals surface area contributed by atoms with Crippen LogP contribution in [-0.2, 0) is 4.74 Å². The summed E-state index contributed by atoms with van der Waals surface area (Å²) >= 11 is 0. The molecule has 1 aliphatic heterocycles. The first-order valence-corrected chi connectivity index (χ1v) is 6.84. The maximum atomic E-state index is 11.6. The highest BCUT2D eigenvalue weighted by Crippen LogP contribution is 2.15. The summed E-state index contributed by atoms with van der Waals surface area (Å²) in [4.78, 5) is 11.6. The number of aliphatic hydroxyl groups excluding tert-OH is 1. The number of amides is 2. The Bertz CT molecular complexity index is 253. The molecule has 0 aliphatic carbocycles. The van der Waals surface area contributed by atoms with Crippen LogP contribution in [0, 0.1) is 5.92 Å². The van der Waals surface area contributed by atoms with E-state index in [9.17, 15) is 9.90 Å². The molecule has 5 heteroatoms. The predicted molar refractivity (Wildman–Crippen MR) is 70.4 cm³/mol. The number of hydrogen-bond donors (Lipinski definition) is 3. The average Bonchev–Trinajstić information content (AvgIpc) is 2.81. The zero-order valence-electron chi connectivity index (χ0n) is 11.6. The number of rotatable bonds is 6. The molecular weight excluding hydrogens is 232 g/mol. The van der Waals surface area contributed by atoms with Crippen molar-refractivity contribution in [3.63, 3.8) is 0 Å². The number of carbonyl (C=O) groups excluding carboxylic acids is 1. The van der Waals surface area contributed by atoms with E-state index >= 15 is 0 Å². The molecule has 18 heavy (non-hydrogen) atoms. The Morgan fingerprint density at radius 3 is 2.72 bits per heavy atom. The molecule has 0 bridgehead atoms. The van der Waals surface area contributed by atoms with Crippen LogP contribution in [0.4, 0.5) is 4.79 Å². The first-order chi connectivity index (χ1) is 8.50. The molecule has 3 N–H and O–H groups in total.